The number of sulfonamides is 1. The van der Waals surface area contributed by atoms with Gasteiger partial charge in [-0.3, -0.25) is 4.79 Å². The van der Waals surface area contributed by atoms with Gasteiger partial charge in [-0.2, -0.15) is 4.31 Å². The molecule has 1 N–H and O–H groups in total. The molecule has 0 radical (unpaired) electrons. The van der Waals surface area contributed by atoms with Crippen LogP contribution in [-0.2, 0) is 14.8 Å². The summed E-state index contributed by atoms with van der Waals surface area (Å²) in [6.45, 7) is 4.63. The number of nitrogens with zero attached hydrogens (tertiary/aromatic N) is 2. The summed E-state index contributed by atoms with van der Waals surface area (Å²) >= 11 is 2.59. The van der Waals surface area contributed by atoms with Crippen LogP contribution in [0.4, 0.5) is 5.13 Å². The molecule has 1 fully saturated rings. The van der Waals surface area contributed by atoms with E-state index in [2.05, 4.69) is 36.3 Å². The van der Waals surface area contributed by atoms with Crippen LogP contribution in [0.3, 0.4) is 0 Å². The number of piperidine rings is 1. The van der Waals surface area contributed by atoms with Crippen molar-refractivity contribution in [1.29, 1.82) is 0 Å². The topological polar surface area (TPSA) is 79.4 Å². The van der Waals surface area contributed by atoms with Crippen molar-refractivity contribution in [2.45, 2.75) is 49.3 Å². The lowest BCUT2D eigenvalue weighted by Crippen LogP contribution is -2.49. The van der Waals surface area contributed by atoms with Crippen LogP contribution >= 0.6 is 22.7 Å². The Morgan fingerprint density at radius 2 is 2.10 bits per heavy atom. The van der Waals surface area contributed by atoms with Gasteiger partial charge in [0.15, 0.2) is 5.13 Å². The molecule has 1 aliphatic rings. The van der Waals surface area contributed by atoms with Gasteiger partial charge in [-0.05, 0) is 47.9 Å². The maximum absolute atomic E-state index is 13.0. The maximum atomic E-state index is 13.0. The minimum atomic E-state index is -3.67. The molecule has 0 unspecified atom stereocenters. The second-order valence-electron chi connectivity index (χ2n) is 7.45. The molecular weight excluding hydrogens is 426 g/mol. The van der Waals surface area contributed by atoms with Gasteiger partial charge in [0.05, 0.1) is 10.2 Å². The number of carbonyl (C=O) groups excluding carboxylic acids is 1. The molecule has 0 saturated carbocycles. The lowest BCUT2D eigenvalue weighted by molar-refractivity contribution is -0.120. The first-order valence-corrected chi connectivity index (χ1v) is 12.8. The number of nitrogens with one attached hydrogen (secondary N) is 1. The summed E-state index contributed by atoms with van der Waals surface area (Å²) in [6, 6.07) is 8.70. The van der Waals surface area contributed by atoms with Crippen LogP contribution in [-0.4, -0.2) is 36.2 Å². The third-order valence-corrected chi connectivity index (χ3v) is 9.34. The van der Waals surface area contributed by atoms with E-state index in [0.717, 1.165) is 23.1 Å². The highest BCUT2D eigenvalue weighted by Gasteiger charge is 2.38. The lowest BCUT2D eigenvalue weighted by atomic mass is 10.0. The molecule has 1 atom stereocenters. The largest absolute Gasteiger partial charge is 0.301 e. The van der Waals surface area contributed by atoms with E-state index in [1.54, 1.807) is 17.5 Å². The Labute approximate surface area is 178 Å². The number of amides is 1. The van der Waals surface area contributed by atoms with Crippen LogP contribution in [0, 0.1) is 0 Å². The van der Waals surface area contributed by atoms with Gasteiger partial charge in [-0.15, -0.1) is 11.3 Å². The third kappa shape index (κ3) is 4.09. The molecule has 1 aliphatic heterocycles. The number of rotatable bonds is 5. The van der Waals surface area contributed by atoms with E-state index in [1.807, 2.05) is 6.07 Å². The van der Waals surface area contributed by atoms with Gasteiger partial charge in [-0.25, -0.2) is 13.4 Å². The molecule has 0 spiro atoms. The first-order valence-electron chi connectivity index (χ1n) is 9.63. The van der Waals surface area contributed by atoms with E-state index in [9.17, 15) is 13.2 Å². The molecule has 3 heterocycles. The van der Waals surface area contributed by atoms with Crippen molar-refractivity contribution in [1.82, 2.24) is 9.29 Å². The third-order valence-electron chi connectivity index (χ3n) is 5.12. The molecule has 3 aromatic rings. The molecule has 4 rings (SSSR count). The SMILES string of the molecule is CC(C)c1ccc2nc(NC(=O)[C@@H]3CCCCN3S(=O)(=O)c3cccs3)sc2c1. The fourth-order valence-electron chi connectivity index (χ4n) is 3.52. The summed E-state index contributed by atoms with van der Waals surface area (Å²) in [4.78, 5) is 17.5. The van der Waals surface area contributed by atoms with E-state index >= 15 is 0 Å². The van der Waals surface area contributed by atoms with E-state index in [0.29, 0.717) is 24.0 Å². The number of benzene rings is 1. The fourth-order valence-corrected chi connectivity index (χ4v) is 7.22. The molecule has 1 amide bonds. The highest BCUT2D eigenvalue weighted by Crippen LogP contribution is 2.31. The Balaban J connectivity index is 1.57. The number of thiophene rings is 1. The van der Waals surface area contributed by atoms with Crippen molar-refractivity contribution in [2.24, 2.45) is 0 Å². The molecule has 2 aromatic heterocycles. The minimum absolute atomic E-state index is 0.276. The van der Waals surface area contributed by atoms with E-state index in [-0.39, 0.29) is 10.1 Å². The Kier molecular flexibility index (Phi) is 5.74. The number of hydrogen-bond donors (Lipinski definition) is 1. The molecule has 0 aliphatic carbocycles. The number of thiazole rings is 1. The van der Waals surface area contributed by atoms with Crippen molar-refractivity contribution in [3.63, 3.8) is 0 Å². The van der Waals surface area contributed by atoms with Crippen molar-refractivity contribution in [2.75, 3.05) is 11.9 Å². The smallest absolute Gasteiger partial charge is 0.253 e. The van der Waals surface area contributed by atoms with Crippen molar-refractivity contribution in [3.05, 3.63) is 41.3 Å². The predicted octanol–water partition coefficient (Wildman–Crippen LogP) is 4.66. The Morgan fingerprint density at radius 1 is 1.28 bits per heavy atom. The normalized spacial score (nSPS) is 18.4. The highest BCUT2D eigenvalue weighted by atomic mass is 32.2. The molecule has 29 heavy (non-hydrogen) atoms. The average molecular weight is 450 g/mol. The fraction of sp³-hybridized carbons (Fsp3) is 0.400. The number of hydrogen-bond acceptors (Lipinski definition) is 6. The first-order chi connectivity index (χ1) is 13.9. The van der Waals surface area contributed by atoms with Crippen LogP contribution < -0.4 is 5.32 Å². The monoisotopic (exact) mass is 449 g/mol. The summed E-state index contributed by atoms with van der Waals surface area (Å²) in [7, 11) is -3.67. The van der Waals surface area contributed by atoms with E-state index in [1.165, 1.54) is 32.5 Å². The standard InChI is InChI=1S/C20H23N3O3S3/c1-13(2)14-8-9-15-17(12-14)28-20(21-15)22-19(24)16-6-3-4-10-23(16)29(25,26)18-7-5-11-27-18/h5,7-9,11-13,16H,3-4,6,10H2,1-2H3,(H,21,22,24)/t16-/m0/s1. The van der Waals surface area contributed by atoms with Crippen LogP contribution in [0.5, 0.6) is 0 Å². The quantitative estimate of drug-likeness (QED) is 0.614. The lowest BCUT2D eigenvalue weighted by Gasteiger charge is -2.32. The van der Waals surface area contributed by atoms with Gasteiger partial charge in [0, 0.05) is 6.54 Å². The zero-order valence-corrected chi connectivity index (χ0v) is 18.7. The van der Waals surface area contributed by atoms with E-state index < -0.39 is 16.1 Å². The predicted molar refractivity (Wildman–Crippen MR) is 118 cm³/mol. The molecular formula is C20H23N3O3S3. The molecule has 9 heteroatoms. The molecule has 6 nitrogen and oxygen atoms in total. The zero-order valence-electron chi connectivity index (χ0n) is 16.3. The molecule has 154 valence electrons. The summed E-state index contributed by atoms with van der Waals surface area (Å²) in [5.74, 6) is 0.103. The zero-order chi connectivity index (χ0) is 20.6. The minimum Gasteiger partial charge on any atom is -0.301 e. The Morgan fingerprint density at radius 3 is 2.83 bits per heavy atom. The molecule has 1 saturated heterocycles. The summed E-state index contributed by atoms with van der Waals surface area (Å²) < 4.78 is 28.6. The Bertz CT molecular complexity index is 1120. The van der Waals surface area contributed by atoms with Crippen LogP contribution in [0.15, 0.2) is 39.9 Å². The first kappa shape index (κ1) is 20.5. The van der Waals surface area contributed by atoms with Gasteiger partial charge in [0.1, 0.15) is 10.3 Å². The number of aromatic nitrogens is 1. The summed E-state index contributed by atoms with van der Waals surface area (Å²) in [6.07, 6.45) is 2.10. The average Bonchev–Trinajstić information content (AvgIpc) is 3.37. The number of fused-ring (bicyclic) bond motifs is 1. The van der Waals surface area contributed by atoms with Gasteiger partial charge >= 0.3 is 0 Å². The van der Waals surface area contributed by atoms with E-state index in [4.69, 9.17) is 0 Å². The summed E-state index contributed by atoms with van der Waals surface area (Å²) in [5.41, 5.74) is 2.06. The maximum Gasteiger partial charge on any atom is 0.253 e. The van der Waals surface area contributed by atoms with Gasteiger partial charge < -0.3 is 5.32 Å². The van der Waals surface area contributed by atoms with Gasteiger partial charge in [-0.1, -0.05) is 43.7 Å². The van der Waals surface area contributed by atoms with Gasteiger partial charge in [0.25, 0.3) is 10.0 Å². The van der Waals surface area contributed by atoms with Crippen LogP contribution in [0.25, 0.3) is 10.2 Å². The van der Waals surface area contributed by atoms with Crippen LogP contribution in [0.2, 0.25) is 0 Å². The highest BCUT2D eigenvalue weighted by molar-refractivity contribution is 7.91. The number of carbonyl (C=O) groups is 1. The van der Waals surface area contributed by atoms with Crippen molar-refractivity contribution < 1.29 is 13.2 Å². The second kappa shape index (κ2) is 8.14. The van der Waals surface area contributed by atoms with Crippen LogP contribution in [0.1, 0.15) is 44.6 Å². The van der Waals surface area contributed by atoms with Gasteiger partial charge in [0.2, 0.25) is 5.91 Å². The van der Waals surface area contributed by atoms with Crippen molar-refractivity contribution >= 4 is 54.0 Å². The second-order valence-corrected chi connectivity index (χ2v) is 11.5. The number of anilines is 1. The molecule has 0 bridgehead atoms. The van der Waals surface area contributed by atoms with Crippen molar-refractivity contribution in [3.8, 4) is 0 Å². The Hall–Kier alpha value is -1.81. The molecule has 1 aromatic carbocycles. The summed E-state index contributed by atoms with van der Waals surface area (Å²) in [5, 5.41) is 5.10.